The zero-order valence-corrected chi connectivity index (χ0v) is 9.35. The van der Waals surface area contributed by atoms with Crippen LogP contribution in [0, 0.1) is 5.92 Å². The maximum Gasteiger partial charge on any atom is 0.264 e. The van der Waals surface area contributed by atoms with Crippen molar-refractivity contribution in [3.8, 4) is 0 Å². The lowest BCUT2D eigenvalue weighted by Gasteiger charge is -2.20. The standard InChI is InChI=1S/C7H14O5S2/c8-13(9)4-1-7(2-5-13)3-6-14(10,11)12/h7H,1-6H2,(H,10,11,12). The van der Waals surface area contributed by atoms with Gasteiger partial charge in [0.1, 0.15) is 9.84 Å². The Bertz CT molecular complexity index is 366. The molecule has 0 spiro atoms. The summed E-state index contributed by atoms with van der Waals surface area (Å²) in [5.74, 6) is 0.129. The SMILES string of the molecule is O=S(=O)(O)CCC1CCS(=O)(=O)CC1. The first-order valence-corrected chi connectivity index (χ1v) is 7.87. The van der Waals surface area contributed by atoms with Gasteiger partial charge in [0, 0.05) is 0 Å². The summed E-state index contributed by atoms with van der Waals surface area (Å²) in [6, 6.07) is 0. The van der Waals surface area contributed by atoms with E-state index in [2.05, 4.69) is 0 Å². The highest BCUT2D eigenvalue weighted by atomic mass is 32.2. The molecule has 0 saturated carbocycles. The normalized spacial score (nSPS) is 23.5. The Balaban J connectivity index is 2.37. The van der Waals surface area contributed by atoms with E-state index in [1.54, 1.807) is 0 Å². The van der Waals surface area contributed by atoms with Crippen molar-refractivity contribution < 1.29 is 21.4 Å². The Labute approximate surface area is 84.2 Å². The second kappa shape index (κ2) is 4.16. The van der Waals surface area contributed by atoms with Crippen LogP contribution in [0.4, 0.5) is 0 Å². The van der Waals surface area contributed by atoms with E-state index in [4.69, 9.17) is 4.55 Å². The van der Waals surface area contributed by atoms with E-state index in [0.717, 1.165) is 0 Å². The largest absolute Gasteiger partial charge is 0.286 e. The molecule has 1 saturated heterocycles. The number of rotatable bonds is 3. The van der Waals surface area contributed by atoms with Crippen LogP contribution in [0.5, 0.6) is 0 Å². The van der Waals surface area contributed by atoms with Gasteiger partial charge in [0.25, 0.3) is 10.1 Å². The fourth-order valence-electron chi connectivity index (χ4n) is 1.54. The predicted molar refractivity (Wildman–Crippen MR) is 52.4 cm³/mol. The number of sulfone groups is 1. The second-order valence-corrected chi connectivity index (χ2v) is 7.55. The van der Waals surface area contributed by atoms with Gasteiger partial charge < -0.3 is 0 Å². The van der Waals surface area contributed by atoms with Crippen LogP contribution >= 0.6 is 0 Å². The van der Waals surface area contributed by atoms with Crippen LogP contribution in [0.2, 0.25) is 0 Å². The van der Waals surface area contributed by atoms with E-state index in [1.807, 2.05) is 0 Å². The quantitative estimate of drug-likeness (QED) is 0.708. The molecule has 1 rings (SSSR count). The van der Waals surface area contributed by atoms with E-state index in [-0.39, 0.29) is 23.2 Å². The Hall–Kier alpha value is -0.140. The van der Waals surface area contributed by atoms with E-state index >= 15 is 0 Å². The summed E-state index contributed by atoms with van der Waals surface area (Å²) in [5, 5.41) is 0. The molecule has 1 fully saturated rings. The molecular weight excluding hydrogens is 228 g/mol. The monoisotopic (exact) mass is 242 g/mol. The third kappa shape index (κ3) is 4.39. The van der Waals surface area contributed by atoms with Crippen molar-refractivity contribution in [3.63, 3.8) is 0 Å². The second-order valence-electron chi connectivity index (χ2n) is 3.67. The summed E-state index contributed by atoms with van der Waals surface area (Å²) in [4.78, 5) is 0. The van der Waals surface area contributed by atoms with Gasteiger partial charge in [0.15, 0.2) is 0 Å². The summed E-state index contributed by atoms with van der Waals surface area (Å²) < 4.78 is 51.4. The highest BCUT2D eigenvalue weighted by Gasteiger charge is 2.24. The van der Waals surface area contributed by atoms with E-state index in [9.17, 15) is 16.8 Å². The minimum absolute atomic E-state index is 0.112. The van der Waals surface area contributed by atoms with Crippen molar-refractivity contribution in [2.45, 2.75) is 19.3 Å². The van der Waals surface area contributed by atoms with Crippen LogP contribution in [0.25, 0.3) is 0 Å². The first kappa shape index (κ1) is 11.9. The summed E-state index contributed by atoms with van der Waals surface area (Å²) in [6.07, 6.45) is 1.38. The van der Waals surface area contributed by atoms with Gasteiger partial charge in [-0.3, -0.25) is 4.55 Å². The van der Waals surface area contributed by atoms with Gasteiger partial charge >= 0.3 is 0 Å². The first-order chi connectivity index (χ1) is 6.29. The van der Waals surface area contributed by atoms with Crippen LogP contribution in [0.15, 0.2) is 0 Å². The maximum atomic E-state index is 11.0. The minimum Gasteiger partial charge on any atom is -0.286 e. The van der Waals surface area contributed by atoms with E-state index in [0.29, 0.717) is 19.3 Å². The fraction of sp³-hybridized carbons (Fsp3) is 1.00. The molecule has 0 aliphatic carbocycles. The minimum atomic E-state index is -3.90. The molecule has 5 nitrogen and oxygen atoms in total. The van der Waals surface area contributed by atoms with Crippen molar-refractivity contribution in [2.24, 2.45) is 5.92 Å². The maximum absolute atomic E-state index is 11.0. The van der Waals surface area contributed by atoms with Gasteiger partial charge in [0.2, 0.25) is 0 Å². The van der Waals surface area contributed by atoms with Crippen molar-refractivity contribution in [3.05, 3.63) is 0 Å². The average molecular weight is 242 g/mol. The number of hydrogen-bond acceptors (Lipinski definition) is 4. The zero-order valence-electron chi connectivity index (χ0n) is 7.72. The lowest BCUT2D eigenvalue weighted by Crippen LogP contribution is -2.24. The molecule has 1 aliphatic heterocycles. The summed E-state index contributed by atoms with van der Waals surface area (Å²) in [7, 11) is -6.78. The molecule has 0 amide bonds. The fourth-order valence-corrected chi connectivity index (χ4v) is 3.76. The van der Waals surface area contributed by atoms with Crippen LogP contribution in [0.1, 0.15) is 19.3 Å². The molecule has 84 valence electrons. The number of hydrogen-bond donors (Lipinski definition) is 1. The zero-order chi connectivity index (χ0) is 10.8. The van der Waals surface area contributed by atoms with Crippen molar-refractivity contribution in [1.29, 1.82) is 0 Å². The summed E-state index contributed by atoms with van der Waals surface area (Å²) >= 11 is 0. The van der Waals surface area contributed by atoms with Gasteiger partial charge in [-0.05, 0) is 25.2 Å². The molecular formula is C7H14O5S2. The van der Waals surface area contributed by atoms with Crippen molar-refractivity contribution in [2.75, 3.05) is 17.3 Å². The summed E-state index contributed by atoms with van der Waals surface area (Å²) in [5.41, 5.74) is 0. The molecule has 1 N–H and O–H groups in total. The van der Waals surface area contributed by atoms with Gasteiger partial charge in [-0.15, -0.1) is 0 Å². The molecule has 7 heteroatoms. The Morgan fingerprint density at radius 1 is 1.21 bits per heavy atom. The third-order valence-corrected chi connectivity index (χ3v) is 4.93. The average Bonchev–Trinajstić information content (AvgIpc) is 2.01. The van der Waals surface area contributed by atoms with Crippen LogP contribution < -0.4 is 0 Å². The highest BCUT2D eigenvalue weighted by Crippen LogP contribution is 2.22. The lowest BCUT2D eigenvalue weighted by atomic mass is 10.0. The Morgan fingerprint density at radius 2 is 1.71 bits per heavy atom. The molecule has 0 atom stereocenters. The predicted octanol–water partition coefficient (Wildman–Crippen LogP) is 0.0891. The van der Waals surface area contributed by atoms with Gasteiger partial charge in [-0.25, -0.2) is 8.42 Å². The molecule has 0 bridgehead atoms. The molecule has 1 heterocycles. The van der Waals surface area contributed by atoms with E-state index in [1.165, 1.54) is 0 Å². The van der Waals surface area contributed by atoms with Gasteiger partial charge in [-0.2, -0.15) is 8.42 Å². The third-order valence-electron chi connectivity index (χ3n) is 2.46. The Kier molecular flexibility index (Phi) is 3.54. The molecule has 0 aromatic heterocycles. The molecule has 0 radical (unpaired) electrons. The van der Waals surface area contributed by atoms with Gasteiger partial charge in [0.05, 0.1) is 17.3 Å². The van der Waals surface area contributed by atoms with E-state index < -0.39 is 20.0 Å². The highest BCUT2D eigenvalue weighted by molar-refractivity contribution is 7.91. The van der Waals surface area contributed by atoms with Crippen molar-refractivity contribution >= 4 is 20.0 Å². The van der Waals surface area contributed by atoms with Crippen LogP contribution in [0.3, 0.4) is 0 Å². The molecule has 14 heavy (non-hydrogen) atoms. The molecule has 0 aromatic rings. The molecule has 0 aromatic carbocycles. The smallest absolute Gasteiger partial charge is 0.264 e. The first-order valence-electron chi connectivity index (χ1n) is 4.44. The van der Waals surface area contributed by atoms with Gasteiger partial charge in [-0.1, -0.05) is 0 Å². The molecule has 1 aliphatic rings. The molecule has 0 unspecified atom stereocenters. The summed E-state index contributed by atoms with van der Waals surface area (Å²) in [6.45, 7) is 0. The lowest BCUT2D eigenvalue weighted by molar-refractivity contribution is 0.435. The topological polar surface area (TPSA) is 88.5 Å². The van der Waals surface area contributed by atoms with Crippen LogP contribution in [-0.4, -0.2) is 38.6 Å². The van der Waals surface area contributed by atoms with Crippen molar-refractivity contribution in [1.82, 2.24) is 0 Å². The van der Waals surface area contributed by atoms with Crippen LogP contribution in [-0.2, 0) is 20.0 Å². The Morgan fingerprint density at radius 3 is 2.14 bits per heavy atom.